The van der Waals surface area contributed by atoms with Crippen LogP contribution in [0.3, 0.4) is 0 Å². The number of nitrogens with one attached hydrogen (secondary N) is 3. The number of carbonyl (C=O) groups is 2. The van der Waals surface area contributed by atoms with Crippen molar-refractivity contribution in [1.29, 1.82) is 5.41 Å². The molecule has 1 heterocycles. The smallest absolute Gasteiger partial charge is 0.241 e. The summed E-state index contributed by atoms with van der Waals surface area (Å²) in [6.45, 7) is 7.48. The number of nitrogens with zero attached hydrogens (tertiary/aromatic N) is 1. The summed E-state index contributed by atoms with van der Waals surface area (Å²) in [5.41, 5.74) is 9.76. The number of hydrogen-bond donors (Lipinski definition) is 4. The number of nitrogens with two attached hydrogens (primary N) is 1. The highest BCUT2D eigenvalue weighted by molar-refractivity contribution is 7.89. The number of carbonyl (C=O) groups excluding carboxylic acids is 2. The predicted molar refractivity (Wildman–Crippen MR) is 183 cm³/mol. The second-order valence-corrected chi connectivity index (χ2v) is 14.9. The molecule has 246 valence electrons. The Bertz CT molecular complexity index is 1640. The molecule has 0 spiro atoms. The van der Waals surface area contributed by atoms with Crippen molar-refractivity contribution < 1.29 is 18.0 Å². The summed E-state index contributed by atoms with van der Waals surface area (Å²) in [7, 11) is -2.45. The van der Waals surface area contributed by atoms with Crippen molar-refractivity contribution in [2.24, 2.45) is 11.7 Å². The van der Waals surface area contributed by atoms with Crippen LogP contribution in [0.1, 0.15) is 69.6 Å². The normalized spacial score (nSPS) is 14.9. The SMILES string of the molecule is CNC(=O)CCCC1CCN(C(=O)[C@H](Cc2cccc(C(=N)N)c2)NS(=O)(=O)c2cccc(-c3ccc(C(C)(C)C)cc3)c2)CC1. The molecule has 1 fully saturated rings. The van der Waals surface area contributed by atoms with E-state index in [0.29, 0.717) is 36.6 Å². The highest BCUT2D eigenvalue weighted by atomic mass is 32.2. The lowest BCUT2D eigenvalue weighted by Gasteiger charge is -2.34. The zero-order valence-corrected chi connectivity index (χ0v) is 28.1. The molecule has 3 aromatic rings. The van der Waals surface area contributed by atoms with Crippen molar-refractivity contribution in [3.63, 3.8) is 0 Å². The summed E-state index contributed by atoms with van der Waals surface area (Å²) in [4.78, 5) is 27.4. The number of piperidine rings is 1. The van der Waals surface area contributed by atoms with Gasteiger partial charge < -0.3 is 16.0 Å². The molecule has 1 saturated heterocycles. The lowest BCUT2D eigenvalue weighted by molar-refractivity contribution is -0.134. The maximum Gasteiger partial charge on any atom is 0.241 e. The summed E-state index contributed by atoms with van der Waals surface area (Å²) in [6, 6.07) is 20.8. The number of benzene rings is 3. The summed E-state index contributed by atoms with van der Waals surface area (Å²) in [5, 5.41) is 10.5. The van der Waals surface area contributed by atoms with Gasteiger partial charge in [-0.25, -0.2) is 8.42 Å². The zero-order valence-electron chi connectivity index (χ0n) is 27.3. The topological polar surface area (TPSA) is 145 Å². The van der Waals surface area contributed by atoms with Gasteiger partial charge in [0.2, 0.25) is 21.8 Å². The first-order valence-corrected chi connectivity index (χ1v) is 17.4. The van der Waals surface area contributed by atoms with Crippen LogP contribution in [-0.2, 0) is 31.4 Å². The van der Waals surface area contributed by atoms with E-state index in [0.717, 1.165) is 36.8 Å². The van der Waals surface area contributed by atoms with Crippen LogP contribution in [0.4, 0.5) is 0 Å². The average Bonchev–Trinajstić information content (AvgIpc) is 3.04. The van der Waals surface area contributed by atoms with E-state index in [2.05, 4.69) is 42.9 Å². The van der Waals surface area contributed by atoms with E-state index >= 15 is 0 Å². The summed E-state index contributed by atoms with van der Waals surface area (Å²) >= 11 is 0. The Kier molecular flexibility index (Phi) is 11.4. The van der Waals surface area contributed by atoms with Gasteiger partial charge in [0.05, 0.1) is 4.90 Å². The molecule has 1 atom stereocenters. The van der Waals surface area contributed by atoms with E-state index in [9.17, 15) is 18.0 Å². The number of rotatable bonds is 12. The molecule has 1 aliphatic rings. The quantitative estimate of drug-likeness (QED) is 0.162. The average molecular weight is 646 g/mol. The maximum absolute atomic E-state index is 14.0. The highest BCUT2D eigenvalue weighted by Crippen LogP contribution is 2.28. The second-order valence-electron chi connectivity index (χ2n) is 13.2. The maximum atomic E-state index is 14.0. The molecule has 0 saturated carbocycles. The molecular weight excluding hydrogens is 598 g/mol. The van der Waals surface area contributed by atoms with Gasteiger partial charge in [0.25, 0.3) is 0 Å². The van der Waals surface area contributed by atoms with Gasteiger partial charge >= 0.3 is 0 Å². The third kappa shape index (κ3) is 9.26. The van der Waals surface area contributed by atoms with Gasteiger partial charge in [0, 0.05) is 32.1 Å². The number of sulfonamides is 1. The number of likely N-dealkylation sites (tertiary alicyclic amines) is 1. The Morgan fingerprint density at radius 3 is 2.28 bits per heavy atom. The first-order valence-electron chi connectivity index (χ1n) is 15.9. The molecule has 0 bridgehead atoms. The zero-order chi connectivity index (χ0) is 33.5. The van der Waals surface area contributed by atoms with E-state index < -0.39 is 16.1 Å². The van der Waals surface area contributed by atoms with E-state index in [-0.39, 0.29) is 34.4 Å². The third-order valence-corrected chi connectivity index (χ3v) is 10.2. The van der Waals surface area contributed by atoms with Gasteiger partial charge in [-0.15, -0.1) is 0 Å². The van der Waals surface area contributed by atoms with Crippen molar-refractivity contribution in [2.45, 2.75) is 75.6 Å². The van der Waals surface area contributed by atoms with Gasteiger partial charge in [-0.3, -0.25) is 15.0 Å². The summed E-state index contributed by atoms with van der Waals surface area (Å²) in [5.74, 6) is 0.0579. The molecule has 3 aromatic carbocycles. The van der Waals surface area contributed by atoms with Crippen molar-refractivity contribution in [3.05, 3.63) is 89.5 Å². The molecule has 46 heavy (non-hydrogen) atoms. The van der Waals surface area contributed by atoms with Crippen molar-refractivity contribution >= 4 is 27.7 Å². The minimum absolute atomic E-state index is 0.00117. The third-order valence-electron chi connectivity index (χ3n) is 8.72. The fraction of sp³-hybridized carbons (Fsp3) is 0.417. The van der Waals surface area contributed by atoms with Crippen LogP contribution >= 0.6 is 0 Å². The van der Waals surface area contributed by atoms with Crippen LogP contribution in [0.2, 0.25) is 0 Å². The Labute approximate surface area is 273 Å². The second kappa shape index (κ2) is 15.0. The molecule has 9 nitrogen and oxygen atoms in total. The van der Waals surface area contributed by atoms with Crippen LogP contribution in [0.25, 0.3) is 11.1 Å². The van der Waals surface area contributed by atoms with Crippen LogP contribution < -0.4 is 15.8 Å². The molecule has 10 heteroatoms. The van der Waals surface area contributed by atoms with Gasteiger partial charge in [-0.2, -0.15) is 4.72 Å². The van der Waals surface area contributed by atoms with Gasteiger partial charge in [0.1, 0.15) is 11.9 Å². The lowest BCUT2D eigenvalue weighted by Crippen LogP contribution is -2.51. The molecule has 0 aromatic heterocycles. The van der Waals surface area contributed by atoms with Gasteiger partial charge in [-0.05, 0) is 83.9 Å². The van der Waals surface area contributed by atoms with Crippen LogP contribution in [-0.4, -0.2) is 57.1 Å². The Morgan fingerprint density at radius 1 is 0.978 bits per heavy atom. The molecule has 5 N–H and O–H groups in total. The standard InChI is InChI=1S/C36H47N5O4S/c1-36(2,3)30-16-14-27(15-17-30)28-10-7-12-31(24-28)46(44,45)40-32(23-26-9-5-11-29(22-26)34(37)38)35(43)41-20-18-25(19-21-41)8-6-13-33(42)39-4/h5,7,9-12,14-17,22,24-25,32,40H,6,8,13,18-21,23H2,1-4H3,(H3,37,38)(H,39,42)/t32-/m0/s1. The van der Waals surface area contributed by atoms with E-state index in [4.69, 9.17) is 11.1 Å². The van der Waals surface area contributed by atoms with E-state index in [1.807, 2.05) is 24.3 Å². The molecule has 0 aliphatic carbocycles. The minimum atomic E-state index is -4.09. The van der Waals surface area contributed by atoms with Crippen molar-refractivity contribution in [2.75, 3.05) is 20.1 Å². The number of amidine groups is 1. The lowest BCUT2D eigenvalue weighted by atomic mass is 9.86. The predicted octanol–water partition coefficient (Wildman–Crippen LogP) is 4.98. The largest absolute Gasteiger partial charge is 0.384 e. The molecular formula is C36H47N5O4S. The molecule has 1 aliphatic heterocycles. The summed E-state index contributed by atoms with van der Waals surface area (Å²) < 4.78 is 30.4. The molecule has 0 radical (unpaired) electrons. The highest BCUT2D eigenvalue weighted by Gasteiger charge is 2.32. The fourth-order valence-electron chi connectivity index (χ4n) is 5.88. The van der Waals surface area contributed by atoms with Crippen LogP contribution in [0.15, 0.2) is 77.7 Å². The number of hydrogen-bond acceptors (Lipinski definition) is 5. The first-order chi connectivity index (χ1) is 21.8. The minimum Gasteiger partial charge on any atom is -0.384 e. The Hall–Kier alpha value is -4.02. The van der Waals surface area contributed by atoms with Gasteiger partial charge in [-0.1, -0.05) is 75.4 Å². The number of amides is 2. The monoisotopic (exact) mass is 645 g/mol. The molecule has 0 unspecified atom stereocenters. The van der Waals surface area contributed by atoms with E-state index in [1.54, 1.807) is 42.3 Å². The van der Waals surface area contributed by atoms with Gasteiger partial charge in [0.15, 0.2) is 0 Å². The Balaban J connectivity index is 1.54. The van der Waals surface area contributed by atoms with Crippen LogP contribution in [0.5, 0.6) is 0 Å². The van der Waals surface area contributed by atoms with Crippen molar-refractivity contribution in [3.8, 4) is 11.1 Å². The van der Waals surface area contributed by atoms with E-state index in [1.165, 1.54) is 11.6 Å². The first kappa shape index (κ1) is 34.8. The Morgan fingerprint density at radius 2 is 1.65 bits per heavy atom. The molecule has 2 amide bonds. The molecule has 4 rings (SSSR count). The number of nitrogen functional groups attached to an aromatic ring is 1. The summed E-state index contributed by atoms with van der Waals surface area (Å²) in [6.07, 6.45) is 3.91. The fourth-order valence-corrected chi connectivity index (χ4v) is 7.12. The van der Waals surface area contributed by atoms with Crippen LogP contribution in [0, 0.1) is 11.3 Å². The van der Waals surface area contributed by atoms with Crippen molar-refractivity contribution in [1.82, 2.24) is 14.9 Å².